The average Bonchev–Trinajstić information content (AvgIpc) is 2.91. The van der Waals surface area contributed by atoms with Gasteiger partial charge in [-0.3, -0.25) is 0 Å². The molecule has 1 heterocycles. The van der Waals surface area contributed by atoms with Gasteiger partial charge in [-0.05, 0) is 39.5 Å². The van der Waals surface area contributed by atoms with Crippen molar-refractivity contribution >= 4 is 11.9 Å². The Morgan fingerprint density at radius 1 is 1.40 bits per heavy atom. The fraction of sp³-hybridized carbons (Fsp3) is 0.400. The molecule has 5 nitrogen and oxygen atoms in total. The first-order valence-electron chi connectivity index (χ1n) is 6.66. The van der Waals surface area contributed by atoms with Crippen LogP contribution in [0.5, 0.6) is 0 Å². The summed E-state index contributed by atoms with van der Waals surface area (Å²) in [4.78, 5) is 18.7. The summed E-state index contributed by atoms with van der Waals surface area (Å²) in [6, 6.07) is -0.317. The highest BCUT2D eigenvalue weighted by Crippen LogP contribution is 2.34. The molecule has 1 aliphatic heterocycles. The van der Waals surface area contributed by atoms with Gasteiger partial charge in [0, 0.05) is 25.7 Å². The molecule has 107 valence electrons. The molecule has 0 aromatic heterocycles. The lowest BCUT2D eigenvalue weighted by Crippen LogP contribution is -2.43. The normalized spacial score (nSPS) is 23.4. The molecule has 0 saturated heterocycles. The molecule has 1 N–H and O–H groups in total. The van der Waals surface area contributed by atoms with Crippen LogP contribution in [0, 0.1) is 31.6 Å². The number of allylic oxidation sites excluding steroid dienone is 1. The highest BCUT2D eigenvalue weighted by Gasteiger charge is 2.37. The van der Waals surface area contributed by atoms with Crippen LogP contribution in [0.4, 0.5) is 0 Å². The third-order valence-corrected chi connectivity index (χ3v) is 3.15. The second kappa shape index (κ2) is 6.29. The maximum Gasteiger partial charge on any atom is 0.337 e. The summed E-state index contributed by atoms with van der Waals surface area (Å²) in [7, 11) is 3.83. The van der Waals surface area contributed by atoms with Crippen LogP contribution < -0.4 is 5.32 Å². The van der Waals surface area contributed by atoms with Crippen molar-refractivity contribution in [1.82, 2.24) is 10.2 Å². The molecular formula is C15H20N3O2. The molecule has 0 aromatic rings. The molecule has 1 atom stereocenters. The average molecular weight is 274 g/mol. The Kier molecular flexibility index (Phi) is 4.68. The van der Waals surface area contributed by atoms with E-state index in [0.717, 1.165) is 17.6 Å². The molecule has 1 fully saturated rings. The molecule has 5 heteroatoms. The van der Waals surface area contributed by atoms with Gasteiger partial charge >= 0.3 is 5.97 Å². The first-order chi connectivity index (χ1) is 9.54. The Bertz CT molecular complexity index is 434. The number of nitrogens with zero attached hydrogens (tertiary/aromatic N) is 2. The van der Waals surface area contributed by atoms with Gasteiger partial charge < -0.3 is 15.0 Å². The summed E-state index contributed by atoms with van der Waals surface area (Å²) in [6.07, 6.45) is 7.83. The topological polar surface area (TPSA) is 53.9 Å². The summed E-state index contributed by atoms with van der Waals surface area (Å²) in [5.74, 6) is 1.42. The zero-order valence-electron chi connectivity index (χ0n) is 12.3. The largest absolute Gasteiger partial charge is 0.463 e. The third kappa shape index (κ3) is 2.97. The molecule has 1 aliphatic carbocycles. The summed E-state index contributed by atoms with van der Waals surface area (Å²) in [5.41, 5.74) is 1.36. The highest BCUT2D eigenvalue weighted by molar-refractivity contribution is 5.96. The van der Waals surface area contributed by atoms with Crippen molar-refractivity contribution in [2.24, 2.45) is 4.99 Å². The van der Waals surface area contributed by atoms with Crippen molar-refractivity contribution in [2.75, 3.05) is 20.7 Å². The lowest BCUT2D eigenvalue weighted by Gasteiger charge is -2.31. The lowest BCUT2D eigenvalue weighted by molar-refractivity contribution is -0.138. The van der Waals surface area contributed by atoms with Crippen molar-refractivity contribution in [3.63, 3.8) is 0 Å². The summed E-state index contributed by atoms with van der Waals surface area (Å²) in [5, 5.41) is 3.15. The smallest absolute Gasteiger partial charge is 0.337 e. The monoisotopic (exact) mass is 274 g/mol. The second-order valence-corrected chi connectivity index (χ2v) is 4.85. The van der Waals surface area contributed by atoms with Gasteiger partial charge in [0.1, 0.15) is 0 Å². The van der Waals surface area contributed by atoms with Crippen LogP contribution in [-0.2, 0) is 9.53 Å². The summed E-state index contributed by atoms with van der Waals surface area (Å²) in [6.45, 7) is 4.03. The van der Waals surface area contributed by atoms with E-state index in [1.165, 1.54) is 0 Å². The van der Waals surface area contributed by atoms with Gasteiger partial charge in [0.15, 0.2) is 5.96 Å². The predicted octanol–water partition coefficient (Wildman–Crippen LogP) is 1.12. The minimum atomic E-state index is -0.317. The van der Waals surface area contributed by atoms with Gasteiger partial charge in [0.25, 0.3) is 0 Å². The molecule has 2 aliphatic rings. The molecule has 0 bridgehead atoms. The number of ether oxygens (including phenoxy) is 1. The molecule has 0 aromatic carbocycles. The number of esters is 1. The van der Waals surface area contributed by atoms with Crippen molar-refractivity contribution in [3.8, 4) is 0 Å². The van der Waals surface area contributed by atoms with Crippen molar-refractivity contribution in [1.29, 1.82) is 0 Å². The lowest BCUT2D eigenvalue weighted by atomic mass is 9.90. The van der Waals surface area contributed by atoms with Gasteiger partial charge in [0.2, 0.25) is 0 Å². The van der Waals surface area contributed by atoms with E-state index in [0.29, 0.717) is 12.2 Å². The van der Waals surface area contributed by atoms with E-state index >= 15 is 0 Å². The minimum Gasteiger partial charge on any atom is -0.463 e. The number of rotatable bonds is 3. The molecule has 0 amide bonds. The number of carbonyl (C=O) groups excluding carboxylic acids is 1. The zero-order valence-corrected chi connectivity index (χ0v) is 12.3. The number of nitrogens with one attached hydrogen (secondary N) is 1. The van der Waals surface area contributed by atoms with Gasteiger partial charge in [-0.25, -0.2) is 9.79 Å². The second-order valence-electron chi connectivity index (χ2n) is 4.85. The Morgan fingerprint density at radius 2 is 2.05 bits per heavy atom. The maximum absolute atomic E-state index is 12.2. The molecule has 1 saturated carbocycles. The fourth-order valence-electron chi connectivity index (χ4n) is 2.17. The first-order valence-corrected chi connectivity index (χ1v) is 6.66. The van der Waals surface area contributed by atoms with Crippen LogP contribution >= 0.6 is 0 Å². The molecule has 0 spiro atoms. The zero-order chi connectivity index (χ0) is 14.7. The van der Waals surface area contributed by atoms with Crippen LogP contribution in [0.2, 0.25) is 0 Å². The van der Waals surface area contributed by atoms with Crippen molar-refractivity contribution < 1.29 is 9.53 Å². The SMILES string of the molecule is CCOC(=O)C1=C(C)NC(N(C)C)=NC1[C]1[CH][CH][CH][CH]1. The van der Waals surface area contributed by atoms with Crippen LogP contribution in [0.25, 0.3) is 0 Å². The Labute approximate surface area is 121 Å². The fourth-order valence-corrected chi connectivity index (χ4v) is 2.17. The molecule has 5 radical (unpaired) electrons. The van der Waals surface area contributed by atoms with Crippen LogP contribution in [0.3, 0.4) is 0 Å². The molecule has 1 unspecified atom stereocenters. The number of aliphatic imine (C=N–C) groups is 1. The molecular weight excluding hydrogens is 254 g/mol. The highest BCUT2D eigenvalue weighted by atomic mass is 16.5. The molecule has 2 rings (SSSR count). The van der Waals surface area contributed by atoms with Gasteiger partial charge in [-0.15, -0.1) is 0 Å². The van der Waals surface area contributed by atoms with Crippen LogP contribution in [0.1, 0.15) is 13.8 Å². The summed E-state index contributed by atoms with van der Waals surface area (Å²) >= 11 is 0. The Morgan fingerprint density at radius 3 is 2.60 bits per heavy atom. The number of hydrogen-bond donors (Lipinski definition) is 1. The predicted molar refractivity (Wildman–Crippen MR) is 77.8 cm³/mol. The van der Waals surface area contributed by atoms with E-state index in [2.05, 4.69) is 10.3 Å². The number of hydrogen-bond acceptors (Lipinski definition) is 5. The van der Waals surface area contributed by atoms with Crippen molar-refractivity contribution in [2.45, 2.75) is 19.9 Å². The molecule has 20 heavy (non-hydrogen) atoms. The first kappa shape index (κ1) is 14.9. The van der Waals surface area contributed by atoms with Crippen LogP contribution in [0.15, 0.2) is 16.3 Å². The Hall–Kier alpha value is -1.52. The quantitative estimate of drug-likeness (QED) is 0.784. The number of carbonyl (C=O) groups is 1. The van der Waals surface area contributed by atoms with Gasteiger partial charge in [-0.1, -0.05) is 0 Å². The van der Waals surface area contributed by atoms with Crippen molar-refractivity contribution in [3.05, 3.63) is 42.9 Å². The third-order valence-electron chi connectivity index (χ3n) is 3.15. The minimum absolute atomic E-state index is 0.315. The summed E-state index contributed by atoms with van der Waals surface area (Å²) < 4.78 is 5.16. The van der Waals surface area contributed by atoms with E-state index < -0.39 is 0 Å². The van der Waals surface area contributed by atoms with E-state index in [1.807, 2.05) is 51.6 Å². The van der Waals surface area contributed by atoms with Crippen LogP contribution in [-0.4, -0.2) is 43.6 Å². The number of guanidine groups is 1. The Balaban J connectivity index is 2.31. The van der Waals surface area contributed by atoms with E-state index in [9.17, 15) is 4.79 Å². The maximum atomic E-state index is 12.2. The van der Waals surface area contributed by atoms with Gasteiger partial charge in [0.05, 0.1) is 18.2 Å². The van der Waals surface area contributed by atoms with E-state index in [1.54, 1.807) is 6.92 Å². The van der Waals surface area contributed by atoms with E-state index in [-0.39, 0.29) is 12.0 Å². The standard InChI is InChI=1S/C15H20N3O2/c1-5-20-14(19)12-10(2)16-15(18(3)4)17-13(12)11-8-6-7-9-11/h6-9,13H,5H2,1-4H3,(H,16,17). The van der Waals surface area contributed by atoms with Gasteiger partial charge in [-0.2, -0.15) is 0 Å². The van der Waals surface area contributed by atoms with E-state index in [4.69, 9.17) is 4.74 Å².